The SMILES string of the molecule is CCOC(=O)C(C)(C)NC(=O)Cc1csc(-c2ccc(Cl)cc2-c2cccc(C#N)c2)n1. The second-order valence-corrected chi connectivity index (χ2v) is 8.89. The molecule has 32 heavy (non-hydrogen) atoms. The van der Waals surface area contributed by atoms with Crippen molar-refractivity contribution in [3.05, 3.63) is 64.1 Å². The zero-order chi connectivity index (χ0) is 23.3. The number of hydrogen-bond acceptors (Lipinski definition) is 6. The molecule has 0 aliphatic rings. The van der Waals surface area contributed by atoms with Crippen molar-refractivity contribution < 1.29 is 14.3 Å². The van der Waals surface area contributed by atoms with Gasteiger partial charge in [-0.2, -0.15) is 5.26 Å². The summed E-state index contributed by atoms with van der Waals surface area (Å²) in [6, 6.07) is 14.9. The molecule has 0 spiro atoms. The Hall–Kier alpha value is -3.21. The van der Waals surface area contributed by atoms with Gasteiger partial charge in [0, 0.05) is 16.0 Å². The fraction of sp³-hybridized carbons (Fsp3) is 0.250. The number of esters is 1. The van der Waals surface area contributed by atoms with Crippen LogP contribution in [0, 0.1) is 11.3 Å². The Morgan fingerprint density at radius 2 is 2.00 bits per heavy atom. The number of aromatic nitrogens is 1. The van der Waals surface area contributed by atoms with E-state index in [1.54, 1.807) is 39.0 Å². The van der Waals surface area contributed by atoms with Gasteiger partial charge < -0.3 is 10.1 Å². The molecule has 0 saturated carbocycles. The predicted molar refractivity (Wildman–Crippen MR) is 125 cm³/mol. The van der Waals surface area contributed by atoms with Crippen LogP contribution in [0.2, 0.25) is 5.02 Å². The first-order valence-corrected chi connectivity index (χ1v) is 11.2. The number of rotatable bonds is 7. The largest absolute Gasteiger partial charge is 0.464 e. The zero-order valence-electron chi connectivity index (χ0n) is 17.9. The molecule has 0 aliphatic heterocycles. The Balaban J connectivity index is 1.84. The number of nitriles is 1. The van der Waals surface area contributed by atoms with E-state index in [0.29, 0.717) is 16.3 Å². The van der Waals surface area contributed by atoms with E-state index in [1.165, 1.54) is 11.3 Å². The number of carbonyl (C=O) groups excluding carboxylic acids is 2. The first kappa shape index (κ1) is 23.5. The summed E-state index contributed by atoms with van der Waals surface area (Å²) in [6.07, 6.45) is 0.0339. The maximum atomic E-state index is 12.5. The summed E-state index contributed by atoms with van der Waals surface area (Å²) in [4.78, 5) is 29.1. The average molecular weight is 468 g/mol. The van der Waals surface area contributed by atoms with Gasteiger partial charge in [0.2, 0.25) is 5.91 Å². The number of benzene rings is 2. The third-order valence-electron chi connectivity index (χ3n) is 4.65. The maximum Gasteiger partial charge on any atom is 0.331 e. The van der Waals surface area contributed by atoms with Crippen molar-refractivity contribution in [3.63, 3.8) is 0 Å². The van der Waals surface area contributed by atoms with E-state index in [2.05, 4.69) is 16.4 Å². The van der Waals surface area contributed by atoms with Crippen LogP contribution in [0.15, 0.2) is 47.8 Å². The van der Waals surface area contributed by atoms with E-state index in [-0.39, 0.29) is 18.9 Å². The number of halogens is 1. The van der Waals surface area contributed by atoms with Crippen LogP contribution in [0.25, 0.3) is 21.7 Å². The zero-order valence-corrected chi connectivity index (χ0v) is 19.5. The Bertz CT molecular complexity index is 1200. The van der Waals surface area contributed by atoms with Crippen LogP contribution in [-0.4, -0.2) is 29.0 Å². The second-order valence-electron chi connectivity index (χ2n) is 7.60. The molecular weight excluding hydrogens is 446 g/mol. The van der Waals surface area contributed by atoms with Gasteiger partial charge in [-0.3, -0.25) is 4.79 Å². The molecular formula is C24H22ClN3O3S. The van der Waals surface area contributed by atoms with Gasteiger partial charge in [-0.1, -0.05) is 23.7 Å². The molecule has 1 N–H and O–H groups in total. The molecule has 0 unspecified atom stereocenters. The van der Waals surface area contributed by atoms with Crippen molar-refractivity contribution >= 4 is 34.8 Å². The van der Waals surface area contributed by atoms with Crippen LogP contribution in [0.4, 0.5) is 0 Å². The molecule has 3 aromatic rings. The summed E-state index contributed by atoms with van der Waals surface area (Å²) < 4.78 is 5.00. The molecule has 1 aromatic heterocycles. The van der Waals surface area contributed by atoms with E-state index in [1.807, 2.05) is 29.6 Å². The lowest BCUT2D eigenvalue weighted by molar-refractivity contribution is -0.151. The fourth-order valence-electron chi connectivity index (χ4n) is 3.13. The van der Waals surface area contributed by atoms with E-state index in [4.69, 9.17) is 16.3 Å². The van der Waals surface area contributed by atoms with Crippen molar-refractivity contribution in [2.24, 2.45) is 0 Å². The van der Waals surface area contributed by atoms with Gasteiger partial charge in [0.15, 0.2) is 0 Å². The van der Waals surface area contributed by atoms with Crippen molar-refractivity contribution in [1.29, 1.82) is 5.26 Å². The Morgan fingerprint density at radius 3 is 2.72 bits per heavy atom. The molecule has 0 bridgehead atoms. The molecule has 1 heterocycles. The first-order chi connectivity index (χ1) is 15.2. The van der Waals surface area contributed by atoms with Gasteiger partial charge in [0.1, 0.15) is 10.5 Å². The molecule has 0 fully saturated rings. The minimum atomic E-state index is -1.12. The monoisotopic (exact) mass is 467 g/mol. The van der Waals surface area contributed by atoms with Crippen molar-refractivity contribution in [3.8, 4) is 27.8 Å². The molecule has 6 nitrogen and oxygen atoms in total. The molecule has 1 amide bonds. The smallest absolute Gasteiger partial charge is 0.331 e. The Labute approximate surface area is 195 Å². The summed E-state index contributed by atoms with van der Waals surface area (Å²) in [5.41, 5.74) is 2.58. The number of nitrogens with zero attached hydrogens (tertiary/aromatic N) is 2. The molecule has 0 atom stereocenters. The lowest BCUT2D eigenvalue weighted by Gasteiger charge is -2.23. The number of carbonyl (C=O) groups is 2. The molecule has 0 saturated heterocycles. The highest BCUT2D eigenvalue weighted by Crippen LogP contribution is 2.36. The number of nitrogens with one attached hydrogen (secondary N) is 1. The van der Waals surface area contributed by atoms with Crippen LogP contribution >= 0.6 is 22.9 Å². The second kappa shape index (κ2) is 9.94. The van der Waals surface area contributed by atoms with Gasteiger partial charge >= 0.3 is 5.97 Å². The van der Waals surface area contributed by atoms with Crippen molar-refractivity contribution in [2.75, 3.05) is 6.61 Å². The predicted octanol–water partition coefficient (Wildman–Crippen LogP) is 5.00. The van der Waals surface area contributed by atoms with Gasteiger partial charge in [0.25, 0.3) is 0 Å². The number of hydrogen-bond donors (Lipinski definition) is 1. The minimum absolute atomic E-state index is 0.0339. The Morgan fingerprint density at radius 1 is 1.22 bits per heavy atom. The Kier molecular flexibility index (Phi) is 7.29. The number of amides is 1. The highest BCUT2D eigenvalue weighted by Gasteiger charge is 2.31. The van der Waals surface area contributed by atoms with Crippen LogP contribution < -0.4 is 5.32 Å². The summed E-state index contributed by atoms with van der Waals surface area (Å²) in [5, 5.41) is 15.0. The van der Waals surface area contributed by atoms with Gasteiger partial charge in [-0.05, 0) is 62.2 Å². The molecule has 164 valence electrons. The summed E-state index contributed by atoms with van der Waals surface area (Å²) >= 11 is 7.65. The van der Waals surface area contributed by atoms with Crippen LogP contribution in [0.1, 0.15) is 32.0 Å². The maximum absolute atomic E-state index is 12.5. The fourth-order valence-corrected chi connectivity index (χ4v) is 4.16. The molecule has 0 aliphatic carbocycles. The quantitative estimate of drug-likeness (QED) is 0.493. The number of thiazole rings is 1. The van der Waals surface area contributed by atoms with Crippen LogP contribution in [-0.2, 0) is 20.7 Å². The standard InChI is InChI=1S/C24H22ClN3O3S/c1-4-31-23(30)24(2,3)28-21(29)12-18-14-32-22(27-18)19-9-8-17(25)11-20(19)16-7-5-6-15(10-16)13-26/h5-11,14H,4,12H2,1-3H3,(H,28,29). The van der Waals surface area contributed by atoms with Crippen molar-refractivity contribution in [2.45, 2.75) is 32.7 Å². The van der Waals surface area contributed by atoms with Crippen LogP contribution in [0.3, 0.4) is 0 Å². The van der Waals surface area contributed by atoms with Gasteiger partial charge in [-0.25, -0.2) is 9.78 Å². The van der Waals surface area contributed by atoms with E-state index < -0.39 is 11.5 Å². The molecule has 0 radical (unpaired) electrons. The van der Waals surface area contributed by atoms with E-state index >= 15 is 0 Å². The van der Waals surface area contributed by atoms with Gasteiger partial charge in [-0.15, -0.1) is 11.3 Å². The van der Waals surface area contributed by atoms with Crippen molar-refractivity contribution in [1.82, 2.24) is 10.3 Å². The third kappa shape index (κ3) is 5.52. The van der Waals surface area contributed by atoms with Crippen LogP contribution in [0.5, 0.6) is 0 Å². The van der Waals surface area contributed by atoms with E-state index in [0.717, 1.165) is 21.7 Å². The lowest BCUT2D eigenvalue weighted by atomic mass is 9.98. The lowest BCUT2D eigenvalue weighted by Crippen LogP contribution is -2.51. The first-order valence-electron chi connectivity index (χ1n) is 9.96. The van der Waals surface area contributed by atoms with E-state index in [9.17, 15) is 14.9 Å². The minimum Gasteiger partial charge on any atom is -0.464 e. The highest BCUT2D eigenvalue weighted by molar-refractivity contribution is 7.13. The third-order valence-corrected chi connectivity index (χ3v) is 5.81. The summed E-state index contributed by atoms with van der Waals surface area (Å²) in [6.45, 7) is 5.16. The van der Waals surface area contributed by atoms with Gasteiger partial charge in [0.05, 0.1) is 30.4 Å². The average Bonchev–Trinajstić information content (AvgIpc) is 3.21. The highest BCUT2D eigenvalue weighted by atomic mass is 35.5. The molecule has 3 rings (SSSR count). The topological polar surface area (TPSA) is 92.1 Å². The summed E-state index contributed by atoms with van der Waals surface area (Å²) in [5.74, 6) is -0.810. The molecule has 2 aromatic carbocycles. The number of ether oxygens (including phenoxy) is 1. The normalized spacial score (nSPS) is 11.0. The summed E-state index contributed by atoms with van der Waals surface area (Å²) in [7, 11) is 0. The molecule has 8 heteroatoms.